The number of hydrogen-bond acceptors (Lipinski definition) is 3. The molecule has 6 heteroatoms. The van der Waals surface area contributed by atoms with Gasteiger partial charge in [0.15, 0.2) is 9.84 Å². The van der Waals surface area contributed by atoms with E-state index in [4.69, 9.17) is 23.2 Å². The van der Waals surface area contributed by atoms with Crippen LogP contribution < -0.4 is 0 Å². The number of nitriles is 1. The smallest absolute Gasteiger partial charge is 0.183 e. The van der Waals surface area contributed by atoms with E-state index in [1.54, 1.807) is 24.3 Å². The highest BCUT2D eigenvalue weighted by Gasteiger charge is 2.59. The molecule has 22 heavy (non-hydrogen) atoms. The third kappa shape index (κ3) is 2.61. The molecule has 3 unspecified atom stereocenters. The maximum Gasteiger partial charge on any atom is 0.183 e. The summed E-state index contributed by atoms with van der Waals surface area (Å²) in [5, 5.41) is 9.53. The van der Waals surface area contributed by atoms with Crippen molar-refractivity contribution in [3.05, 3.63) is 64.1 Å². The van der Waals surface area contributed by atoms with Crippen molar-refractivity contribution < 1.29 is 8.42 Å². The summed E-state index contributed by atoms with van der Waals surface area (Å²) in [6, 6.07) is 15.1. The second kappa shape index (κ2) is 5.58. The number of benzene rings is 2. The van der Waals surface area contributed by atoms with Gasteiger partial charge in [0, 0.05) is 16.0 Å². The van der Waals surface area contributed by atoms with E-state index in [9.17, 15) is 13.7 Å². The maximum absolute atomic E-state index is 12.7. The second-order valence-corrected chi connectivity index (χ2v) is 8.18. The fourth-order valence-corrected chi connectivity index (χ4v) is 5.11. The van der Waals surface area contributed by atoms with Crippen LogP contribution in [0.4, 0.5) is 0 Å². The van der Waals surface area contributed by atoms with E-state index in [0.717, 1.165) is 5.56 Å². The molecule has 3 atom stereocenters. The minimum atomic E-state index is -3.58. The van der Waals surface area contributed by atoms with Gasteiger partial charge in [-0.05, 0) is 42.0 Å². The van der Waals surface area contributed by atoms with Crippen molar-refractivity contribution in [1.82, 2.24) is 0 Å². The van der Waals surface area contributed by atoms with Gasteiger partial charge in [-0.3, -0.25) is 0 Å². The Morgan fingerprint density at radius 1 is 1.00 bits per heavy atom. The highest BCUT2D eigenvalue weighted by atomic mass is 35.5. The Kier molecular flexibility index (Phi) is 3.90. The molecular weight excluding hydrogens is 341 g/mol. The number of sulfone groups is 1. The Labute approximate surface area is 139 Å². The molecule has 0 saturated heterocycles. The van der Waals surface area contributed by atoms with Crippen LogP contribution in [0.3, 0.4) is 0 Å². The van der Waals surface area contributed by atoms with Crippen molar-refractivity contribution in [3.8, 4) is 6.07 Å². The van der Waals surface area contributed by atoms with Gasteiger partial charge in [0.05, 0.1) is 22.1 Å². The van der Waals surface area contributed by atoms with Crippen LogP contribution in [-0.2, 0) is 9.84 Å². The summed E-state index contributed by atoms with van der Waals surface area (Å²) >= 11 is 11.8. The molecule has 0 N–H and O–H groups in total. The molecule has 3 rings (SSSR count). The van der Waals surface area contributed by atoms with Gasteiger partial charge < -0.3 is 0 Å². The average molecular weight is 352 g/mol. The third-order valence-electron chi connectivity index (χ3n) is 3.84. The molecule has 112 valence electrons. The Bertz CT molecular complexity index is 856. The van der Waals surface area contributed by atoms with Crippen molar-refractivity contribution in [1.29, 1.82) is 5.26 Å². The topological polar surface area (TPSA) is 57.9 Å². The lowest BCUT2D eigenvalue weighted by Crippen LogP contribution is -2.10. The van der Waals surface area contributed by atoms with Gasteiger partial charge in [-0.25, -0.2) is 8.42 Å². The first-order chi connectivity index (χ1) is 10.4. The summed E-state index contributed by atoms with van der Waals surface area (Å²) in [7, 11) is -3.58. The summed E-state index contributed by atoms with van der Waals surface area (Å²) in [5.74, 6) is -0.900. The largest absolute Gasteiger partial charge is 0.223 e. The molecule has 0 radical (unpaired) electrons. The summed E-state index contributed by atoms with van der Waals surface area (Å²) in [6.45, 7) is 0. The van der Waals surface area contributed by atoms with E-state index in [1.807, 2.05) is 0 Å². The van der Waals surface area contributed by atoms with E-state index >= 15 is 0 Å². The van der Waals surface area contributed by atoms with Crippen LogP contribution in [0.2, 0.25) is 10.0 Å². The quantitative estimate of drug-likeness (QED) is 0.837. The zero-order valence-corrected chi connectivity index (χ0v) is 13.6. The number of rotatable bonds is 3. The summed E-state index contributed by atoms with van der Waals surface area (Å²) in [6.07, 6.45) is 0. The molecule has 2 aromatic carbocycles. The molecule has 1 saturated carbocycles. The van der Waals surface area contributed by atoms with Gasteiger partial charge in [-0.2, -0.15) is 5.26 Å². The molecule has 0 aliphatic heterocycles. The Balaban J connectivity index is 1.98. The molecule has 1 fully saturated rings. The fraction of sp³-hybridized carbons (Fsp3) is 0.188. The molecule has 2 aromatic rings. The fourth-order valence-electron chi connectivity index (χ4n) is 2.72. The van der Waals surface area contributed by atoms with Crippen LogP contribution in [0, 0.1) is 17.2 Å². The zero-order chi connectivity index (χ0) is 15.9. The van der Waals surface area contributed by atoms with Gasteiger partial charge in [0.2, 0.25) is 0 Å². The lowest BCUT2D eigenvalue weighted by atomic mass is 10.1. The molecule has 3 nitrogen and oxygen atoms in total. The van der Waals surface area contributed by atoms with Crippen molar-refractivity contribution in [3.63, 3.8) is 0 Å². The van der Waals surface area contributed by atoms with E-state index in [2.05, 4.69) is 6.07 Å². The van der Waals surface area contributed by atoms with Crippen LogP contribution >= 0.6 is 23.2 Å². The first-order valence-corrected chi connectivity index (χ1v) is 8.90. The van der Waals surface area contributed by atoms with Crippen molar-refractivity contribution in [2.45, 2.75) is 16.1 Å². The molecular formula is C16H11Cl2NO2S. The van der Waals surface area contributed by atoms with Crippen LogP contribution in [0.25, 0.3) is 0 Å². The Morgan fingerprint density at radius 3 is 2.27 bits per heavy atom. The predicted molar refractivity (Wildman–Crippen MR) is 85.7 cm³/mol. The minimum absolute atomic E-state index is 0.187. The van der Waals surface area contributed by atoms with Crippen molar-refractivity contribution >= 4 is 33.0 Å². The second-order valence-electron chi connectivity index (χ2n) is 5.20. The van der Waals surface area contributed by atoms with Crippen LogP contribution in [0.1, 0.15) is 11.5 Å². The van der Waals surface area contributed by atoms with Gasteiger partial charge in [0.1, 0.15) is 0 Å². The summed E-state index contributed by atoms with van der Waals surface area (Å²) in [5.41, 5.74) is 0.779. The normalized spacial score (nSPS) is 23.8. The van der Waals surface area contributed by atoms with Crippen LogP contribution in [-0.4, -0.2) is 13.7 Å². The molecule has 0 aromatic heterocycles. The average Bonchev–Trinajstić information content (AvgIpc) is 3.23. The van der Waals surface area contributed by atoms with Crippen molar-refractivity contribution in [2.24, 2.45) is 5.92 Å². The summed E-state index contributed by atoms with van der Waals surface area (Å²) in [4.78, 5) is 0.187. The molecule has 0 bridgehead atoms. The first-order valence-electron chi connectivity index (χ1n) is 6.59. The lowest BCUT2D eigenvalue weighted by Gasteiger charge is -2.04. The molecule has 0 heterocycles. The van der Waals surface area contributed by atoms with E-state index in [1.165, 1.54) is 24.3 Å². The van der Waals surface area contributed by atoms with Gasteiger partial charge in [0.25, 0.3) is 0 Å². The highest BCUT2D eigenvalue weighted by molar-refractivity contribution is 7.92. The van der Waals surface area contributed by atoms with Gasteiger partial charge >= 0.3 is 0 Å². The zero-order valence-electron chi connectivity index (χ0n) is 11.3. The monoisotopic (exact) mass is 351 g/mol. The number of nitrogens with zero attached hydrogens (tertiary/aromatic N) is 1. The third-order valence-corrected chi connectivity index (χ3v) is 6.56. The number of hydrogen-bond donors (Lipinski definition) is 0. The maximum atomic E-state index is 12.7. The molecule has 0 spiro atoms. The van der Waals surface area contributed by atoms with Crippen LogP contribution in [0.15, 0.2) is 53.4 Å². The highest BCUT2D eigenvalue weighted by Crippen LogP contribution is 2.53. The van der Waals surface area contributed by atoms with E-state index < -0.39 is 21.0 Å². The van der Waals surface area contributed by atoms with E-state index in [-0.39, 0.29) is 10.8 Å². The van der Waals surface area contributed by atoms with Crippen molar-refractivity contribution in [2.75, 3.05) is 0 Å². The molecule has 1 aliphatic carbocycles. The summed E-state index contributed by atoms with van der Waals surface area (Å²) < 4.78 is 25.4. The van der Waals surface area contributed by atoms with E-state index in [0.29, 0.717) is 10.0 Å². The first kappa shape index (κ1) is 15.4. The predicted octanol–water partition coefficient (Wildman–Crippen LogP) is 4.07. The standard InChI is InChI=1S/C16H11Cl2NO2S/c17-11-4-6-13(7-5-11)22(20,21)16-14(9-19)15(16)10-2-1-3-12(18)8-10/h1-8,14-16H. The number of halogens is 2. The molecule has 1 aliphatic rings. The van der Waals surface area contributed by atoms with Crippen LogP contribution in [0.5, 0.6) is 0 Å². The minimum Gasteiger partial charge on any atom is -0.223 e. The molecule has 0 amide bonds. The van der Waals surface area contributed by atoms with Gasteiger partial charge in [-0.1, -0.05) is 35.3 Å². The Hall–Kier alpha value is -1.54. The Morgan fingerprint density at radius 2 is 1.68 bits per heavy atom. The SMILES string of the molecule is N#CC1C(c2cccc(Cl)c2)C1S(=O)(=O)c1ccc(Cl)cc1. The van der Waals surface area contributed by atoms with Gasteiger partial charge in [-0.15, -0.1) is 0 Å². The lowest BCUT2D eigenvalue weighted by molar-refractivity contribution is 0.593.